The summed E-state index contributed by atoms with van der Waals surface area (Å²) < 4.78 is 39.9. The molecule has 1 aliphatic carbocycles. The Labute approximate surface area is 250 Å². The monoisotopic (exact) mass is 621 g/mol. The number of nitrogens with zero attached hydrogens (tertiary/aromatic N) is 2. The van der Waals surface area contributed by atoms with E-state index in [1.165, 1.54) is 30.1 Å². The zero-order valence-corrected chi connectivity index (χ0v) is 25.0. The summed E-state index contributed by atoms with van der Waals surface area (Å²) in [5, 5.41) is 7.50. The highest BCUT2D eigenvalue weighted by molar-refractivity contribution is 7.20. The van der Waals surface area contributed by atoms with Gasteiger partial charge in [0.05, 0.1) is 16.3 Å². The number of hydrogen-bond acceptors (Lipinski definition) is 7. The number of fused-ring (bicyclic) bond motifs is 2. The minimum absolute atomic E-state index is 0.0285. The van der Waals surface area contributed by atoms with E-state index in [9.17, 15) is 37.1 Å². The molecule has 0 bridgehead atoms. The van der Waals surface area contributed by atoms with Crippen molar-refractivity contribution in [3.8, 4) is 0 Å². The number of piperidine rings is 1. The first-order valence-electron chi connectivity index (χ1n) is 14.3. The number of thiazole rings is 1. The molecular formula is C29H34F3N5O5S. The van der Waals surface area contributed by atoms with E-state index in [-0.39, 0.29) is 41.1 Å². The summed E-state index contributed by atoms with van der Waals surface area (Å²) in [4.78, 5) is 71.2. The summed E-state index contributed by atoms with van der Waals surface area (Å²) in [6.07, 6.45) is -4.67. The standard InChI is InChI=1S/C29H34F3N5O5S/c1-13(2)20(36-27(42)29(30,31)32)26(41)37-12-15-19(28(15,3)4)21(37)24(40)34-17(11-14-9-10-33-23(14)39)22(38)25-35-16-7-5-6-8-18(16)43-25/h5-8,13-15,17,19-21H,9-12H2,1-4H3,(H,33,39)(H,34,40)(H,36,42)/t14-,15?,17-,19?,20-,21?/m0/s1. The number of carbonyl (C=O) groups is 5. The number of aromatic nitrogens is 1. The van der Waals surface area contributed by atoms with Crippen molar-refractivity contribution in [3.05, 3.63) is 29.3 Å². The quantitative estimate of drug-likeness (QED) is 0.369. The van der Waals surface area contributed by atoms with Gasteiger partial charge in [-0.05, 0) is 48.1 Å². The maximum atomic E-state index is 14.0. The number of hydrogen-bond donors (Lipinski definition) is 3. The second-order valence-corrected chi connectivity index (χ2v) is 13.5. The third-order valence-electron chi connectivity index (χ3n) is 9.06. The van der Waals surface area contributed by atoms with Crippen LogP contribution in [0.5, 0.6) is 0 Å². The zero-order chi connectivity index (χ0) is 31.4. The molecule has 1 aromatic carbocycles. The van der Waals surface area contributed by atoms with Crippen LogP contribution in [0.15, 0.2) is 24.3 Å². The lowest BCUT2D eigenvalue weighted by atomic mass is 9.94. The first kappa shape index (κ1) is 30.9. The van der Waals surface area contributed by atoms with E-state index in [2.05, 4.69) is 15.6 Å². The fraction of sp³-hybridized carbons (Fsp3) is 0.586. The molecule has 3 aliphatic rings. The molecule has 3 unspecified atom stereocenters. The van der Waals surface area contributed by atoms with E-state index < -0.39 is 59.6 Å². The molecule has 43 heavy (non-hydrogen) atoms. The number of alkyl halides is 3. The summed E-state index contributed by atoms with van der Waals surface area (Å²) >= 11 is 1.17. The second kappa shape index (κ2) is 11.2. The van der Waals surface area contributed by atoms with Crippen molar-refractivity contribution in [1.29, 1.82) is 0 Å². The Balaban J connectivity index is 1.41. The molecule has 3 N–H and O–H groups in total. The fourth-order valence-corrected chi connectivity index (χ4v) is 7.46. The SMILES string of the molecule is CC(C)[C@H](NC(=O)C(F)(F)F)C(=O)N1CC2C(C1C(=O)N[C@@H](C[C@@H]1CCNC1=O)C(=O)c1nc3ccccc3s1)C2(C)C. The first-order chi connectivity index (χ1) is 20.1. The van der Waals surface area contributed by atoms with E-state index >= 15 is 0 Å². The number of nitrogens with one attached hydrogen (secondary N) is 3. The topological polar surface area (TPSA) is 138 Å². The van der Waals surface area contributed by atoms with Crippen molar-refractivity contribution in [1.82, 2.24) is 25.8 Å². The zero-order valence-electron chi connectivity index (χ0n) is 24.2. The van der Waals surface area contributed by atoms with Crippen molar-refractivity contribution in [3.63, 3.8) is 0 Å². The highest BCUT2D eigenvalue weighted by Gasteiger charge is 2.69. The lowest BCUT2D eigenvalue weighted by molar-refractivity contribution is -0.175. The van der Waals surface area contributed by atoms with Crippen molar-refractivity contribution < 1.29 is 37.1 Å². The van der Waals surface area contributed by atoms with Crippen LogP contribution in [0, 0.1) is 29.1 Å². The lowest BCUT2D eigenvalue weighted by Gasteiger charge is -2.35. The Hall–Kier alpha value is -3.55. The van der Waals surface area contributed by atoms with Gasteiger partial charge in [-0.2, -0.15) is 13.2 Å². The van der Waals surface area contributed by atoms with Crippen LogP contribution in [0.4, 0.5) is 13.2 Å². The molecule has 2 saturated heterocycles. The normalized spacial score (nSPS) is 25.7. The molecule has 1 saturated carbocycles. The van der Waals surface area contributed by atoms with Crippen molar-refractivity contribution >= 4 is 51.0 Å². The molecule has 0 radical (unpaired) electrons. The van der Waals surface area contributed by atoms with Gasteiger partial charge < -0.3 is 20.9 Å². The largest absolute Gasteiger partial charge is 0.471 e. The van der Waals surface area contributed by atoms with Crippen molar-refractivity contribution in [2.75, 3.05) is 13.1 Å². The average molecular weight is 622 g/mol. The maximum absolute atomic E-state index is 14.0. The van der Waals surface area contributed by atoms with E-state index in [1.807, 2.05) is 26.0 Å². The van der Waals surface area contributed by atoms with Crippen LogP contribution in [0.3, 0.4) is 0 Å². The molecule has 3 fully saturated rings. The number of halogens is 3. The van der Waals surface area contributed by atoms with Crippen molar-refractivity contribution in [2.45, 2.75) is 64.8 Å². The Morgan fingerprint density at radius 2 is 1.86 bits per heavy atom. The van der Waals surface area contributed by atoms with Crippen LogP contribution >= 0.6 is 11.3 Å². The van der Waals surface area contributed by atoms with Crippen molar-refractivity contribution in [2.24, 2.45) is 29.1 Å². The van der Waals surface area contributed by atoms with Gasteiger partial charge in [-0.3, -0.25) is 24.0 Å². The number of carbonyl (C=O) groups excluding carboxylic acids is 5. The summed E-state index contributed by atoms with van der Waals surface area (Å²) in [6, 6.07) is 3.50. The molecule has 0 spiro atoms. The Bertz CT molecular complexity index is 1440. The minimum atomic E-state index is -5.18. The molecule has 6 atom stereocenters. The molecular weight excluding hydrogens is 587 g/mol. The number of ketones is 1. The molecule has 14 heteroatoms. The highest BCUT2D eigenvalue weighted by Crippen LogP contribution is 2.65. The van der Waals surface area contributed by atoms with Gasteiger partial charge in [-0.25, -0.2) is 4.98 Å². The van der Waals surface area contributed by atoms with Crippen LogP contribution in [-0.2, 0) is 19.2 Å². The van der Waals surface area contributed by atoms with Gasteiger partial charge in [0, 0.05) is 19.0 Å². The van der Waals surface area contributed by atoms with E-state index in [4.69, 9.17) is 0 Å². The Kier molecular flexibility index (Phi) is 8.03. The molecule has 10 nitrogen and oxygen atoms in total. The molecule has 2 aromatic rings. The summed E-state index contributed by atoms with van der Waals surface area (Å²) in [5.41, 5.74) is 0.300. The number of benzene rings is 1. The highest BCUT2D eigenvalue weighted by atomic mass is 32.1. The Morgan fingerprint density at radius 1 is 1.16 bits per heavy atom. The summed E-state index contributed by atoms with van der Waals surface area (Å²) in [7, 11) is 0. The van der Waals surface area contributed by atoms with Crippen LogP contribution < -0.4 is 16.0 Å². The van der Waals surface area contributed by atoms with E-state index in [0.717, 1.165) is 4.70 Å². The summed E-state index contributed by atoms with van der Waals surface area (Å²) in [5.74, 6) is -5.94. The number of likely N-dealkylation sites (tertiary alicyclic amines) is 1. The molecule has 232 valence electrons. The average Bonchev–Trinajstić information content (AvgIpc) is 3.45. The first-order valence-corrected chi connectivity index (χ1v) is 15.1. The van der Waals surface area contributed by atoms with Crippen LogP contribution in [-0.4, -0.2) is 76.7 Å². The van der Waals surface area contributed by atoms with Gasteiger partial charge in [0.25, 0.3) is 0 Å². The smallest absolute Gasteiger partial charge is 0.356 e. The van der Waals surface area contributed by atoms with E-state index in [1.54, 1.807) is 17.4 Å². The van der Waals surface area contributed by atoms with Gasteiger partial charge in [-0.15, -0.1) is 11.3 Å². The molecule has 1 aromatic heterocycles. The number of amides is 4. The lowest BCUT2D eigenvalue weighted by Crippen LogP contribution is -2.59. The molecule has 5 rings (SSSR count). The third kappa shape index (κ3) is 5.85. The third-order valence-corrected chi connectivity index (χ3v) is 10.1. The van der Waals surface area contributed by atoms with Gasteiger partial charge >= 0.3 is 12.1 Å². The second-order valence-electron chi connectivity index (χ2n) is 12.5. The van der Waals surface area contributed by atoms with Gasteiger partial charge in [0.15, 0.2) is 5.01 Å². The van der Waals surface area contributed by atoms with Crippen LogP contribution in [0.25, 0.3) is 10.2 Å². The number of para-hydroxylation sites is 1. The fourth-order valence-electron chi connectivity index (χ4n) is 6.50. The van der Waals surface area contributed by atoms with E-state index in [0.29, 0.717) is 18.5 Å². The van der Waals surface area contributed by atoms with Gasteiger partial charge in [-0.1, -0.05) is 39.8 Å². The summed E-state index contributed by atoms with van der Waals surface area (Å²) in [6.45, 7) is 7.48. The minimum Gasteiger partial charge on any atom is -0.356 e. The number of rotatable bonds is 9. The number of Topliss-reactive ketones (excluding diaryl/α,β-unsaturated/α-hetero) is 1. The predicted molar refractivity (Wildman–Crippen MR) is 151 cm³/mol. The predicted octanol–water partition coefficient (Wildman–Crippen LogP) is 2.68. The molecule has 4 amide bonds. The Morgan fingerprint density at radius 3 is 2.47 bits per heavy atom. The van der Waals surface area contributed by atoms with Gasteiger partial charge in [0.1, 0.15) is 12.1 Å². The molecule has 3 heterocycles. The molecule has 2 aliphatic heterocycles. The van der Waals surface area contributed by atoms with Crippen LogP contribution in [0.2, 0.25) is 0 Å². The maximum Gasteiger partial charge on any atom is 0.471 e. The van der Waals surface area contributed by atoms with Crippen LogP contribution in [0.1, 0.15) is 50.3 Å². The van der Waals surface area contributed by atoms with Gasteiger partial charge in [0.2, 0.25) is 23.5 Å².